The number of carbonyl (C=O) groups excluding carboxylic acids is 2. The quantitative estimate of drug-likeness (QED) is 0.0420. The predicted molar refractivity (Wildman–Crippen MR) is 170 cm³/mol. The molecule has 0 aliphatic carbocycles. The first-order chi connectivity index (χ1) is 20.0. The first-order valence-electron chi connectivity index (χ1n) is 16.3. The molecule has 0 aliphatic heterocycles. The summed E-state index contributed by atoms with van der Waals surface area (Å²) >= 11 is 0. The molecule has 0 aromatic heterocycles. The van der Waals surface area contributed by atoms with E-state index in [0.717, 1.165) is 57.8 Å². The molecule has 0 saturated carbocycles. The highest BCUT2D eigenvalue weighted by molar-refractivity contribution is 5.69. The van der Waals surface area contributed by atoms with Crippen molar-refractivity contribution in [1.29, 1.82) is 0 Å². The summed E-state index contributed by atoms with van der Waals surface area (Å²) in [6, 6.07) is 0. The number of rotatable bonds is 28. The van der Waals surface area contributed by atoms with Crippen LogP contribution >= 0.6 is 0 Å². The van der Waals surface area contributed by atoms with E-state index in [1.54, 1.807) is 0 Å². The maximum absolute atomic E-state index is 11.9. The fourth-order valence-electron chi connectivity index (χ4n) is 4.13. The van der Waals surface area contributed by atoms with Gasteiger partial charge in [-0.2, -0.15) is 0 Å². The van der Waals surface area contributed by atoms with Crippen LogP contribution in [0.3, 0.4) is 0 Å². The van der Waals surface area contributed by atoms with E-state index in [1.165, 1.54) is 44.9 Å². The summed E-state index contributed by atoms with van der Waals surface area (Å²) in [5, 5.41) is 19.7. The molecule has 6 nitrogen and oxygen atoms in total. The molecular formula is C35H60O6. The van der Waals surface area contributed by atoms with Crippen molar-refractivity contribution in [3.63, 3.8) is 0 Å². The summed E-state index contributed by atoms with van der Waals surface area (Å²) in [7, 11) is 0. The van der Waals surface area contributed by atoms with Gasteiger partial charge in [0, 0.05) is 12.8 Å². The van der Waals surface area contributed by atoms with Crippen LogP contribution in [0.15, 0.2) is 48.6 Å². The van der Waals surface area contributed by atoms with Gasteiger partial charge in [0.1, 0.15) is 19.3 Å². The van der Waals surface area contributed by atoms with Gasteiger partial charge in [0.25, 0.3) is 0 Å². The first-order valence-corrected chi connectivity index (χ1v) is 16.3. The summed E-state index contributed by atoms with van der Waals surface area (Å²) < 4.78 is 10.2. The molecule has 0 radical (unpaired) electrons. The smallest absolute Gasteiger partial charge is 0.305 e. The third-order valence-electron chi connectivity index (χ3n) is 6.67. The molecule has 2 N–H and O–H groups in total. The largest absolute Gasteiger partial charge is 0.463 e. The summed E-state index contributed by atoms with van der Waals surface area (Å²) in [6.07, 6.45) is 33.5. The Morgan fingerprint density at radius 2 is 1.12 bits per heavy atom. The molecule has 0 heterocycles. The van der Waals surface area contributed by atoms with Crippen molar-refractivity contribution in [2.75, 3.05) is 13.2 Å². The van der Waals surface area contributed by atoms with Crippen LogP contribution in [0.4, 0.5) is 0 Å². The zero-order valence-corrected chi connectivity index (χ0v) is 26.2. The van der Waals surface area contributed by atoms with Gasteiger partial charge >= 0.3 is 11.9 Å². The molecule has 0 bridgehead atoms. The van der Waals surface area contributed by atoms with Gasteiger partial charge in [-0.25, -0.2) is 0 Å². The van der Waals surface area contributed by atoms with E-state index >= 15 is 0 Å². The number of ether oxygens (including phenoxy) is 2. The number of esters is 2. The normalized spacial score (nSPS) is 13.6. The molecule has 0 rings (SSSR count). The van der Waals surface area contributed by atoms with Crippen molar-refractivity contribution < 1.29 is 29.3 Å². The second-order valence-electron chi connectivity index (χ2n) is 10.8. The SMILES string of the molecule is CCCCCCCCCCCC(=O)OC[C@@H](O)COC(=O)CCC/C=C\C/C=C\C/C=C\C=C\[C@H](O)CCCCC. The highest BCUT2D eigenvalue weighted by Gasteiger charge is 2.11. The van der Waals surface area contributed by atoms with E-state index in [0.29, 0.717) is 12.8 Å². The number of aliphatic hydroxyl groups excluding tert-OH is 2. The van der Waals surface area contributed by atoms with Crippen LogP contribution in [0.25, 0.3) is 0 Å². The molecule has 236 valence electrons. The van der Waals surface area contributed by atoms with Gasteiger partial charge in [0.05, 0.1) is 6.10 Å². The van der Waals surface area contributed by atoms with Crippen LogP contribution in [0.2, 0.25) is 0 Å². The minimum Gasteiger partial charge on any atom is -0.463 e. The van der Waals surface area contributed by atoms with Crippen LogP contribution in [-0.4, -0.2) is 47.6 Å². The highest BCUT2D eigenvalue weighted by atomic mass is 16.6. The molecule has 41 heavy (non-hydrogen) atoms. The average Bonchev–Trinajstić information content (AvgIpc) is 2.96. The molecule has 0 saturated heterocycles. The lowest BCUT2D eigenvalue weighted by Gasteiger charge is -2.12. The number of hydrogen-bond acceptors (Lipinski definition) is 6. The van der Waals surface area contributed by atoms with Gasteiger partial charge in [0.15, 0.2) is 0 Å². The minimum absolute atomic E-state index is 0.144. The van der Waals surface area contributed by atoms with Gasteiger partial charge < -0.3 is 19.7 Å². The molecular weight excluding hydrogens is 516 g/mol. The zero-order valence-electron chi connectivity index (χ0n) is 26.2. The van der Waals surface area contributed by atoms with Gasteiger partial charge in [-0.3, -0.25) is 9.59 Å². The molecule has 0 aromatic carbocycles. The molecule has 0 unspecified atom stereocenters. The van der Waals surface area contributed by atoms with Crippen molar-refractivity contribution in [2.24, 2.45) is 0 Å². The van der Waals surface area contributed by atoms with Crippen molar-refractivity contribution >= 4 is 11.9 Å². The first kappa shape index (κ1) is 38.8. The van der Waals surface area contributed by atoms with E-state index in [4.69, 9.17) is 9.47 Å². The van der Waals surface area contributed by atoms with Crippen LogP contribution in [-0.2, 0) is 19.1 Å². The summed E-state index contributed by atoms with van der Waals surface area (Å²) in [4.78, 5) is 23.7. The van der Waals surface area contributed by atoms with Crippen molar-refractivity contribution in [1.82, 2.24) is 0 Å². The summed E-state index contributed by atoms with van der Waals surface area (Å²) in [5.41, 5.74) is 0. The Morgan fingerprint density at radius 3 is 1.76 bits per heavy atom. The standard InChI is InChI=1S/C35H60O6/c1-3-5-7-8-9-13-17-20-24-28-34(38)40-30-33(37)31-41-35(39)29-25-21-18-15-12-10-11-14-16-19-23-27-32(36)26-22-6-4-2/h10-11,15-16,18-19,23,27,32-33,36-37H,3-9,12-14,17,20-22,24-26,28-31H2,1-2H3/b11-10-,18-15-,19-16-,27-23+/t32-,33-/m1/s1. The Bertz CT molecular complexity index is 724. The van der Waals surface area contributed by atoms with E-state index in [9.17, 15) is 19.8 Å². The Kier molecular flexibility index (Phi) is 29.1. The number of hydrogen-bond donors (Lipinski definition) is 2. The monoisotopic (exact) mass is 576 g/mol. The zero-order chi connectivity index (χ0) is 30.2. The predicted octanol–water partition coefficient (Wildman–Crippen LogP) is 8.47. The minimum atomic E-state index is -0.995. The number of aliphatic hydroxyl groups is 2. The second kappa shape index (κ2) is 30.8. The van der Waals surface area contributed by atoms with E-state index in [1.807, 2.05) is 18.2 Å². The molecule has 0 aliphatic rings. The fourth-order valence-corrected chi connectivity index (χ4v) is 4.13. The second-order valence-corrected chi connectivity index (χ2v) is 10.8. The lowest BCUT2D eigenvalue weighted by molar-refractivity contribution is -0.152. The average molecular weight is 577 g/mol. The summed E-state index contributed by atoms with van der Waals surface area (Å²) in [6.45, 7) is 4.08. The Labute approximate surface area is 251 Å². The fraction of sp³-hybridized carbons (Fsp3) is 0.714. The topological polar surface area (TPSA) is 93.1 Å². The maximum Gasteiger partial charge on any atom is 0.305 e. The summed E-state index contributed by atoms with van der Waals surface area (Å²) in [5.74, 6) is -0.662. The molecule has 2 atom stereocenters. The van der Waals surface area contributed by atoms with E-state index < -0.39 is 6.10 Å². The van der Waals surface area contributed by atoms with Gasteiger partial charge in [-0.1, -0.05) is 133 Å². The Morgan fingerprint density at radius 1 is 0.610 bits per heavy atom. The number of carbonyl (C=O) groups is 2. The van der Waals surface area contributed by atoms with Crippen molar-refractivity contribution in [3.05, 3.63) is 48.6 Å². The van der Waals surface area contributed by atoms with Crippen LogP contribution < -0.4 is 0 Å². The third kappa shape index (κ3) is 30.6. The van der Waals surface area contributed by atoms with Crippen molar-refractivity contribution in [3.8, 4) is 0 Å². The lowest BCUT2D eigenvalue weighted by Crippen LogP contribution is -2.25. The lowest BCUT2D eigenvalue weighted by atomic mass is 10.1. The Hall–Kier alpha value is -2.18. The van der Waals surface area contributed by atoms with Crippen molar-refractivity contribution in [2.45, 2.75) is 148 Å². The van der Waals surface area contributed by atoms with Crippen LogP contribution in [0.1, 0.15) is 136 Å². The van der Waals surface area contributed by atoms with Gasteiger partial charge in [0.2, 0.25) is 0 Å². The molecule has 0 aromatic rings. The Balaban J connectivity index is 3.65. The maximum atomic E-state index is 11.9. The number of allylic oxidation sites excluding steroid dienone is 7. The number of unbranched alkanes of at least 4 members (excludes halogenated alkanes) is 11. The van der Waals surface area contributed by atoms with Gasteiger partial charge in [-0.05, 0) is 38.5 Å². The highest BCUT2D eigenvalue weighted by Crippen LogP contribution is 2.11. The van der Waals surface area contributed by atoms with Crippen LogP contribution in [0.5, 0.6) is 0 Å². The molecule has 6 heteroatoms. The molecule has 0 spiro atoms. The molecule has 0 amide bonds. The van der Waals surface area contributed by atoms with Crippen LogP contribution in [0, 0.1) is 0 Å². The van der Waals surface area contributed by atoms with E-state index in [2.05, 4.69) is 44.2 Å². The van der Waals surface area contributed by atoms with Gasteiger partial charge in [-0.15, -0.1) is 0 Å². The third-order valence-corrected chi connectivity index (χ3v) is 6.67. The molecule has 0 fully saturated rings. The van der Waals surface area contributed by atoms with E-state index in [-0.39, 0.29) is 37.7 Å².